The van der Waals surface area contributed by atoms with Gasteiger partial charge in [0, 0.05) is 49.7 Å². The number of anilines is 4. The van der Waals surface area contributed by atoms with E-state index in [1.54, 1.807) is 4.52 Å². The van der Waals surface area contributed by atoms with E-state index in [0.717, 1.165) is 47.7 Å². The number of aliphatic hydroxyl groups is 1. The van der Waals surface area contributed by atoms with Gasteiger partial charge in [0.25, 0.3) is 0 Å². The van der Waals surface area contributed by atoms with Gasteiger partial charge in [0.1, 0.15) is 23.0 Å². The van der Waals surface area contributed by atoms with Crippen molar-refractivity contribution in [3.63, 3.8) is 0 Å². The third-order valence-corrected chi connectivity index (χ3v) is 7.37. The molecule has 0 radical (unpaired) electrons. The molecule has 1 aliphatic heterocycles. The van der Waals surface area contributed by atoms with Gasteiger partial charge in [-0.2, -0.15) is 9.61 Å². The number of aliphatic hydroxyl groups excluding tert-OH is 1. The third kappa shape index (κ3) is 6.03. The fourth-order valence-corrected chi connectivity index (χ4v) is 5.41. The lowest BCUT2D eigenvalue weighted by Crippen LogP contribution is -2.38. The number of rotatable bonds is 9. The molecule has 0 spiro atoms. The van der Waals surface area contributed by atoms with Crippen LogP contribution < -0.4 is 15.1 Å². The maximum absolute atomic E-state index is 12.1. The second-order valence-corrected chi connectivity index (χ2v) is 10.6. The van der Waals surface area contributed by atoms with E-state index >= 15 is 0 Å². The van der Waals surface area contributed by atoms with E-state index in [-0.39, 0.29) is 17.3 Å². The number of β-amino-alcohol motifs (C(OH)–C–C–N with tert-alkyl or cyclic N) is 1. The molecular formula is C32H33N7O3. The van der Waals surface area contributed by atoms with Gasteiger partial charge in [-0.05, 0) is 37.0 Å². The summed E-state index contributed by atoms with van der Waals surface area (Å²) in [4.78, 5) is 25.8. The number of piperidine rings is 1. The Morgan fingerprint density at radius 3 is 2.33 bits per heavy atom. The molecule has 0 saturated carbocycles. The molecule has 10 heteroatoms. The van der Waals surface area contributed by atoms with Gasteiger partial charge in [-0.25, -0.2) is 14.8 Å². The largest absolute Gasteiger partial charge is 0.477 e. The van der Waals surface area contributed by atoms with Crippen molar-refractivity contribution in [1.82, 2.24) is 19.6 Å². The molecule has 3 N–H and O–H groups in total. The van der Waals surface area contributed by atoms with Gasteiger partial charge in [0.05, 0.1) is 12.3 Å². The van der Waals surface area contributed by atoms with Crippen LogP contribution in [0.3, 0.4) is 0 Å². The molecule has 2 aromatic carbocycles. The Hall–Kier alpha value is -4.96. The molecule has 1 saturated heterocycles. The molecule has 3 aromatic heterocycles. The van der Waals surface area contributed by atoms with Gasteiger partial charge >= 0.3 is 5.97 Å². The first kappa shape index (κ1) is 27.2. The average molecular weight is 564 g/mol. The van der Waals surface area contributed by atoms with Crippen LogP contribution in [0.15, 0.2) is 85.1 Å². The van der Waals surface area contributed by atoms with Crippen molar-refractivity contribution < 1.29 is 15.0 Å². The predicted octanol–water partition coefficient (Wildman–Crippen LogP) is 5.04. The second kappa shape index (κ2) is 11.9. The van der Waals surface area contributed by atoms with Crippen LogP contribution >= 0.6 is 0 Å². The van der Waals surface area contributed by atoms with Crippen molar-refractivity contribution >= 4 is 34.8 Å². The lowest BCUT2D eigenvalue weighted by atomic mass is 10.1. The monoisotopic (exact) mass is 563 g/mol. The van der Waals surface area contributed by atoms with Crippen LogP contribution in [-0.2, 0) is 13.1 Å². The first-order valence-electron chi connectivity index (χ1n) is 14.1. The Labute approximate surface area is 243 Å². The Morgan fingerprint density at radius 2 is 1.69 bits per heavy atom. The molecule has 0 unspecified atom stereocenters. The summed E-state index contributed by atoms with van der Waals surface area (Å²) in [7, 11) is 0. The number of hydrogen-bond donors (Lipinski definition) is 3. The van der Waals surface area contributed by atoms with Crippen LogP contribution in [0.25, 0.3) is 5.65 Å². The Balaban J connectivity index is 1.42. The van der Waals surface area contributed by atoms with E-state index in [1.165, 1.54) is 6.20 Å². The number of fused-ring (bicyclic) bond motifs is 1. The number of aryl methyl sites for hydroxylation is 1. The average Bonchev–Trinajstić information content (AvgIpc) is 3.42. The minimum atomic E-state index is -1.09. The van der Waals surface area contributed by atoms with E-state index in [2.05, 4.69) is 44.5 Å². The van der Waals surface area contributed by atoms with Crippen LogP contribution in [0.4, 0.5) is 23.1 Å². The first-order valence-corrected chi connectivity index (χ1v) is 14.1. The highest BCUT2D eigenvalue weighted by molar-refractivity contribution is 5.94. The molecule has 0 bridgehead atoms. The maximum atomic E-state index is 12.1. The highest BCUT2D eigenvalue weighted by Gasteiger charge is 2.22. The second-order valence-electron chi connectivity index (χ2n) is 10.6. The molecule has 42 heavy (non-hydrogen) atoms. The summed E-state index contributed by atoms with van der Waals surface area (Å²) in [5.41, 5.74) is 4.08. The summed E-state index contributed by atoms with van der Waals surface area (Å²) in [6.45, 7) is 4.44. The minimum Gasteiger partial charge on any atom is -0.477 e. The SMILES string of the molecule is Cc1cc(Nc2cc(N(Cc3ccccc3)Cc3ccccc3)n3ncc(C(=O)O)c3n2)cc(N2CCC[C@H](O)C2)n1. The smallest absolute Gasteiger partial charge is 0.341 e. The summed E-state index contributed by atoms with van der Waals surface area (Å²) < 4.78 is 1.60. The lowest BCUT2D eigenvalue weighted by Gasteiger charge is -2.31. The highest BCUT2D eigenvalue weighted by atomic mass is 16.4. The molecule has 1 atom stereocenters. The quantitative estimate of drug-likeness (QED) is 0.227. The molecule has 6 rings (SSSR count). The molecule has 4 heterocycles. The van der Waals surface area contributed by atoms with E-state index in [9.17, 15) is 15.0 Å². The van der Waals surface area contributed by atoms with E-state index < -0.39 is 5.97 Å². The van der Waals surface area contributed by atoms with Crippen molar-refractivity contribution in [3.05, 3.63) is 107 Å². The van der Waals surface area contributed by atoms with Crippen LogP contribution in [0.2, 0.25) is 0 Å². The number of aromatic nitrogens is 4. The van der Waals surface area contributed by atoms with Crippen LogP contribution in [0, 0.1) is 6.92 Å². The van der Waals surface area contributed by atoms with Gasteiger partial charge in [-0.15, -0.1) is 0 Å². The normalized spacial score (nSPS) is 15.1. The molecule has 0 amide bonds. The van der Waals surface area contributed by atoms with Crippen molar-refractivity contribution in [2.24, 2.45) is 0 Å². The number of pyridine rings is 1. The van der Waals surface area contributed by atoms with E-state index in [0.29, 0.717) is 31.3 Å². The van der Waals surface area contributed by atoms with Crippen molar-refractivity contribution in [3.8, 4) is 0 Å². The molecular weight excluding hydrogens is 530 g/mol. The van der Waals surface area contributed by atoms with Crippen LogP contribution in [0.1, 0.15) is 40.0 Å². The topological polar surface area (TPSA) is 119 Å². The van der Waals surface area contributed by atoms with Gasteiger partial charge in [0.15, 0.2) is 5.65 Å². The van der Waals surface area contributed by atoms with Gasteiger partial charge in [-0.1, -0.05) is 60.7 Å². The zero-order valence-corrected chi connectivity index (χ0v) is 23.4. The molecule has 10 nitrogen and oxygen atoms in total. The zero-order valence-electron chi connectivity index (χ0n) is 23.4. The molecule has 0 aliphatic carbocycles. The maximum Gasteiger partial charge on any atom is 0.341 e. The Morgan fingerprint density at radius 1 is 1.00 bits per heavy atom. The Kier molecular flexibility index (Phi) is 7.70. The lowest BCUT2D eigenvalue weighted by molar-refractivity contribution is 0.0698. The Bertz CT molecular complexity index is 1650. The first-order chi connectivity index (χ1) is 20.4. The molecule has 1 aliphatic rings. The van der Waals surface area contributed by atoms with Crippen LogP contribution in [0.5, 0.6) is 0 Å². The van der Waals surface area contributed by atoms with E-state index in [4.69, 9.17) is 9.97 Å². The van der Waals surface area contributed by atoms with Crippen molar-refractivity contribution in [2.75, 3.05) is 28.2 Å². The summed E-state index contributed by atoms with van der Waals surface area (Å²) in [6.07, 6.45) is 2.66. The highest BCUT2D eigenvalue weighted by Crippen LogP contribution is 2.29. The minimum absolute atomic E-state index is 0.0215. The van der Waals surface area contributed by atoms with Crippen molar-refractivity contribution in [1.29, 1.82) is 0 Å². The molecule has 5 aromatic rings. The molecule has 1 fully saturated rings. The number of aromatic carboxylic acids is 1. The van der Waals surface area contributed by atoms with Crippen LogP contribution in [-0.4, -0.2) is 55.0 Å². The molecule has 214 valence electrons. The van der Waals surface area contributed by atoms with Gasteiger partial charge < -0.3 is 25.3 Å². The number of carbonyl (C=O) groups is 1. The van der Waals surface area contributed by atoms with Crippen molar-refractivity contribution in [2.45, 2.75) is 39.0 Å². The fourth-order valence-electron chi connectivity index (χ4n) is 5.41. The standard InChI is InChI=1S/C32H33N7O3/c1-22-15-25(16-29(34-22)37-14-8-13-26(40)21-37)35-28-17-30(39-31(36-28)27(18-33-39)32(41)42)38(19-23-9-4-2-5-10-23)20-24-11-6-3-7-12-24/h2-7,9-12,15-18,26,40H,8,13-14,19-21H2,1H3,(H,41,42)(H,34,35,36)/t26-/m0/s1. The number of benzene rings is 2. The predicted molar refractivity (Wildman–Crippen MR) is 162 cm³/mol. The summed E-state index contributed by atoms with van der Waals surface area (Å²) in [5.74, 6) is 0.876. The number of carboxylic acids is 1. The van der Waals surface area contributed by atoms with E-state index in [1.807, 2.05) is 61.5 Å². The fraction of sp³-hybridized carbons (Fsp3) is 0.250. The summed E-state index contributed by atoms with van der Waals surface area (Å²) in [6, 6.07) is 26.0. The zero-order chi connectivity index (χ0) is 29.1. The number of nitrogens with zero attached hydrogens (tertiary/aromatic N) is 6. The summed E-state index contributed by atoms with van der Waals surface area (Å²) >= 11 is 0. The van der Waals surface area contributed by atoms with Gasteiger partial charge in [-0.3, -0.25) is 0 Å². The number of hydrogen-bond acceptors (Lipinski definition) is 8. The summed E-state index contributed by atoms with van der Waals surface area (Å²) in [5, 5.41) is 28.0. The third-order valence-electron chi connectivity index (χ3n) is 7.37. The van der Waals surface area contributed by atoms with Gasteiger partial charge in [0.2, 0.25) is 0 Å². The number of carboxylic acid groups (broad SMARTS) is 1. The number of nitrogens with one attached hydrogen (secondary N) is 1.